The van der Waals surface area contributed by atoms with E-state index in [-0.39, 0.29) is 4.87 Å². The zero-order valence-electron chi connectivity index (χ0n) is 7.24. The summed E-state index contributed by atoms with van der Waals surface area (Å²) >= 11 is 1.09. The SMILES string of the molecule is Cc1nn(C)cc1-c1n[nH]c(=O)s1. The fourth-order valence-corrected chi connectivity index (χ4v) is 1.82. The van der Waals surface area contributed by atoms with Gasteiger partial charge in [0.15, 0.2) is 5.01 Å². The summed E-state index contributed by atoms with van der Waals surface area (Å²) in [6.45, 7) is 1.89. The number of aromatic nitrogens is 4. The van der Waals surface area contributed by atoms with Crippen LogP contribution in [0, 0.1) is 6.92 Å². The molecule has 0 aromatic carbocycles. The molecule has 6 heteroatoms. The van der Waals surface area contributed by atoms with E-state index >= 15 is 0 Å². The summed E-state index contributed by atoms with van der Waals surface area (Å²) in [5, 5.41) is 11.1. The molecule has 0 bridgehead atoms. The maximum Gasteiger partial charge on any atom is 0.322 e. The van der Waals surface area contributed by atoms with Crippen molar-refractivity contribution in [2.45, 2.75) is 6.92 Å². The number of nitrogens with one attached hydrogen (secondary N) is 1. The molecular weight excluding hydrogens is 188 g/mol. The fraction of sp³-hybridized carbons (Fsp3) is 0.286. The third-order valence-electron chi connectivity index (χ3n) is 1.68. The van der Waals surface area contributed by atoms with Gasteiger partial charge in [-0.25, -0.2) is 5.10 Å². The Morgan fingerprint density at radius 1 is 1.62 bits per heavy atom. The Bertz CT molecular complexity index is 481. The largest absolute Gasteiger partial charge is 0.322 e. The fourth-order valence-electron chi connectivity index (χ4n) is 1.15. The summed E-state index contributed by atoms with van der Waals surface area (Å²) in [6, 6.07) is 0. The minimum absolute atomic E-state index is 0.141. The second-order valence-corrected chi connectivity index (χ2v) is 3.68. The van der Waals surface area contributed by atoms with Gasteiger partial charge in [-0.15, -0.1) is 0 Å². The minimum Gasteiger partial charge on any atom is -0.275 e. The predicted octanol–water partition coefficient (Wildman–Crippen LogP) is 0.540. The summed E-state index contributed by atoms with van der Waals surface area (Å²) in [5.74, 6) is 0. The molecule has 0 amide bonds. The Morgan fingerprint density at radius 2 is 2.38 bits per heavy atom. The first-order valence-corrected chi connectivity index (χ1v) is 4.54. The third kappa shape index (κ3) is 1.40. The molecule has 0 unspecified atom stereocenters. The molecule has 13 heavy (non-hydrogen) atoms. The van der Waals surface area contributed by atoms with Crippen LogP contribution in [0.2, 0.25) is 0 Å². The monoisotopic (exact) mass is 196 g/mol. The van der Waals surface area contributed by atoms with Crippen molar-refractivity contribution in [2.75, 3.05) is 0 Å². The zero-order chi connectivity index (χ0) is 9.42. The number of aromatic amines is 1. The number of hydrogen-bond donors (Lipinski definition) is 1. The van der Waals surface area contributed by atoms with Gasteiger partial charge in [-0.3, -0.25) is 9.48 Å². The van der Waals surface area contributed by atoms with Crippen LogP contribution >= 0.6 is 11.3 Å². The average Bonchev–Trinajstić information content (AvgIpc) is 2.58. The quantitative estimate of drug-likeness (QED) is 0.724. The normalized spacial score (nSPS) is 10.6. The molecule has 0 saturated carbocycles. The van der Waals surface area contributed by atoms with Crippen LogP contribution in [-0.4, -0.2) is 20.0 Å². The number of hydrogen-bond acceptors (Lipinski definition) is 4. The maximum absolute atomic E-state index is 10.9. The third-order valence-corrected chi connectivity index (χ3v) is 2.46. The molecule has 0 fully saturated rings. The standard InChI is InChI=1S/C7H8N4OS/c1-4-5(3-11(2)10-4)6-8-9-7(12)13-6/h3H,1-2H3,(H,9,12). The Kier molecular flexibility index (Phi) is 1.77. The Labute approximate surface area is 78.0 Å². The Hall–Kier alpha value is -1.43. The van der Waals surface area contributed by atoms with Gasteiger partial charge >= 0.3 is 4.87 Å². The molecule has 0 radical (unpaired) electrons. The van der Waals surface area contributed by atoms with E-state index in [2.05, 4.69) is 15.3 Å². The molecule has 0 spiro atoms. The van der Waals surface area contributed by atoms with Crippen LogP contribution in [0.3, 0.4) is 0 Å². The molecule has 2 rings (SSSR count). The van der Waals surface area contributed by atoms with Gasteiger partial charge < -0.3 is 0 Å². The van der Waals surface area contributed by atoms with Crippen molar-refractivity contribution in [2.24, 2.45) is 7.05 Å². The smallest absolute Gasteiger partial charge is 0.275 e. The first kappa shape index (κ1) is 8.18. The van der Waals surface area contributed by atoms with Crippen LogP contribution in [0.25, 0.3) is 10.6 Å². The van der Waals surface area contributed by atoms with E-state index in [9.17, 15) is 4.79 Å². The number of rotatable bonds is 1. The number of aryl methyl sites for hydroxylation is 2. The first-order valence-electron chi connectivity index (χ1n) is 3.73. The van der Waals surface area contributed by atoms with E-state index in [4.69, 9.17) is 0 Å². The number of H-pyrrole nitrogens is 1. The van der Waals surface area contributed by atoms with Crippen molar-refractivity contribution in [1.29, 1.82) is 0 Å². The molecule has 0 atom stereocenters. The molecule has 2 aromatic rings. The van der Waals surface area contributed by atoms with Crippen molar-refractivity contribution in [3.05, 3.63) is 21.6 Å². The van der Waals surface area contributed by atoms with Gasteiger partial charge in [0.2, 0.25) is 0 Å². The summed E-state index contributed by atoms with van der Waals surface area (Å²) in [5.41, 5.74) is 1.79. The lowest BCUT2D eigenvalue weighted by atomic mass is 10.3. The molecule has 2 aromatic heterocycles. The molecule has 5 nitrogen and oxygen atoms in total. The predicted molar refractivity (Wildman–Crippen MR) is 49.7 cm³/mol. The van der Waals surface area contributed by atoms with Gasteiger partial charge in [0.1, 0.15) is 0 Å². The lowest BCUT2D eigenvalue weighted by molar-refractivity contribution is 0.756. The van der Waals surface area contributed by atoms with Crippen molar-refractivity contribution < 1.29 is 0 Å². The van der Waals surface area contributed by atoms with Crippen LogP contribution in [0.4, 0.5) is 0 Å². The molecule has 0 saturated heterocycles. The van der Waals surface area contributed by atoms with Crippen molar-refractivity contribution >= 4 is 11.3 Å². The summed E-state index contributed by atoms with van der Waals surface area (Å²) < 4.78 is 1.70. The van der Waals surface area contributed by atoms with Crippen LogP contribution in [0.1, 0.15) is 5.69 Å². The van der Waals surface area contributed by atoms with Crippen LogP contribution < -0.4 is 4.87 Å². The van der Waals surface area contributed by atoms with Crippen LogP contribution in [-0.2, 0) is 7.05 Å². The summed E-state index contributed by atoms with van der Waals surface area (Å²) in [7, 11) is 1.84. The highest BCUT2D eigenvalue weighted by atomic mass is 32.1. The van der Waals surface area contributed by atoms with Gasteiger partial charge in [0.25, 0.3) is 0 Å². The van der Waals surface area contributed by atoms with Gasteiger partial charge in [0.05, 0.1) is 11.3 Å². The highest BCUT2D eigenvalue weighted by Gasteiger charge is 2.09. The van der Waals surface area contributed by atoms with Gasteiger partial charge in [-0.1, -0.05) is 11.3 Å². The van der Waals surface area contributed by atoms with Crippen molar-refractivity contribution in [1.82, 2.24) is 20.0 Å². The molecule has 2 heterocycles. The highest BCUT2D eigenvalue weighted by molar-refractivity contribution is 7.12. The average molecular weight is 196 g/mol. The zero-order valence-corrected chi connectivity index (χ0v) is 8.05. The summed E-state index contributed by atoms with van der Waals surface area (Å²) in [6.07, 6.45) is 1.85. The van der Waals surface area contributed by atoms with E-state index in [0.29, 0.717) is 5.01 Å². The topological polar surface area (TPSA) is 63.6 Å². The van der Waals surface area contributed by atoms with Crippen LogP contribution in [0.15, 0.2) is 11.0 Å². The maximum atomic E-state index is 10.9. The van der Waals surface area contributed by atoms with E-state index in [1.165, 1.54) is 0 Å². The Morgan fingerprint density at radius 3 is 2.85 bits per heavy atom. The molecule has 0 aliphatic rings. The molecule has 68 valence electrons. The lowest BCUT2D eigenvalue weighted by Gasteiger charge is -1.86. The second kappa shape index (κ2) is 2.81. The van der Waals surface area contributed by atoms with E-state index in [1.54, 1.807) is 4.68 Å². The molecule has 0 aliphatic carbocycles. The molecule has 0 aliphatic heterocycles. The molecule has 1 N–H and O–H groups in total. The summed E-state index contributed by atoms with van der Waals surface area (Å²) in [4.78, 5) is 10.7. The van der Waals surface area contributed by atoms with E-state index in [1.807, 2.05) is 20.2 Å². The van der Waals surface area contributed by atoms with Crippen molar-refractivity contribution in [3.8, 4) is 10.6 Å². The lowest BCUT2D eigenvalue weighted by Crippen LogP contribution is -1.90. The Balaban J connectivity index is 2.57. The molecular formula is C7H8N4OS. The van der Waals surface area contributed by atoms with Crippen LogP contribution in [0.5, 0.6) is 0 Å². The van der Waals surface area contributed by atoms with Gasteiger partial charge in [-0.2, -0.15) is 10.2 Å². The highest BCUT2D eigenvalue weighted by Crippen LogP contribution is 2.20. The number of nitrogens with zero attached hydrogens (tertiary/aromatic N) is 3. The van der Waals surface area contributed by atoms with E-state index in [0.717, 1.165) is 22.6 Å². The second-order valence-electron chi connectivity index (χ2n) is 2.72. The first-order chi connectivity index (χ1) is 6.16. The van der Waals surface area contributed by atoms with Gasteiger partial charge in [-0.05, 0) is 6.92 Å². The van der Waals surface area contributed by atoms with E-state index < -0.39 is 0 Å². The van der Waals surface area contributed by atoms with Crippen molar-refractivity contribution in [3.63, 3.8) is 0 Å². The minimum atomic E-state index is -0.141. The van der Waals surface area contributed by atoms with Gasteiger partial charge in [0, 0.05) is 13.2 Å².